The highest BCUT2D eigenvalue weighted by Gasteiger charge is 2.31. The van der Waals surface area contributed by atoms with Gasteiger partial charge in [-0.15, -0.1) is 11.3 Å². The van der Waals surface area contributed by atoms with E-state index in [4.69, 9.17) is 4.74 Å². The average molecular weight is 425 g/mol. The molecule has 0 bridgehead atoms. The predicted octanol–water partition coefficient (Wildman–Crippen LogP) is 4.64. The highest BCUT2D eigenvalue weighted by molar-refractivity contribution is 7.17. The van der Waals surface area contributed by atoms with Crippen molar-refractivity contribution in [3.8, 4) is 0 Å². The molecule has 1 aliphatic carbocycles. The summed E-state index contributed by atoms with van der Waals surface area (Å²) in [6, 6.07) is 3.95. The number of carbonyl (C=O) groups is 3. The number of amides is 1. The predicted molar refractivity (Wildman–Crippen MR) is 101 cm³/mol. The lowest BCUT2D eigenvalue weighted by atomic mass is 9.95. The zero-order valence-corrected chi connectivity index (χ0v) is 16.3. The minimum absolute atomic E-state index is 0.193. The number of alkyl halides is 3. The number of hydrogen-bond donors (Lipinski definition) is 1. The van der Waals surface area contributed by atoms with Crippen LogP contribution in [0.25, 0.3) is 0 Å². The molecule has 3 rings (SSSR count). The van der Waals surface area contributed by atoms with Crippen LogP contribution in [0.1, 0.15) is 56.5 Å². The SMILES string of the molecule is CC(=O)Nc1sc2c(c1C(=O)OCC(=O)c1cccc(C(F)(F)F)c1)CCCC2. The van der Waals surface area contributed by atoms with E-state index in [-0.39, 0.29) is 17.0 Å². The molecule has 0 fully saturated rings. The third kappa shape index (κ3) is 4.84. The summed E-state index contributed by atoms with van der Waals surface area (Å²) in [5.74, 6) is -1.85. The van der Waals surface area contributed by atoms with Crippen LogP contribution in [0, 0.1) is 0 Å². The Morgan fingerprint density at radius 1 is 1.17 bits per heavy atom. The van der Waals surface area contributed by atoms with Crippen LogP contribution in [0.3, 0.4) is 0 Å². The van der Waals surface area contributed by atoms with Gasteiger partial charge in [0.05, 0.1) is 11.1 Å². The van der Waals surface area contributed by atoms with Gasteiger partial charge >= 0.3 is 12.1 Å². The first kappa shape index (κ1) is 21.0. The van der Waals surface area contributed by atoms with Crippen molar-refractivity contribution in [2.75, 3.05) is 11.9 Å². The van der Waals surface area contributed by atoms with E-state index in [1.54, 1.807) is 0 Å². The third-order valence-corrected chi connectivity index (χ3v) is 5.72. The van der Waals surface area contributed by atoms with Crippen molar-refractivity contribution in [3.63, 3.8) is 0 Å². The van der Waals surface area contributed by atoms with Gasteiger partial charge in [0.1, 0.15) is 5.00 Å². The monoisotopic (exact) mass is 425 g/mol. The van der Waals surface area contributed by atoms with Gasteiger partial charge in [0.2, 0.25) is 5.91 Å². The molecule has 0 spiro atoms. The summed E-state index contributed by atoms with van der Waals surface area (Å²) in [6.07, 6.45) is -1.24. The standard InChI is InChI=1S/C20H18F3NO4S/c1-11(25)24-18-17(14-7-2-3-8-16(14)29-18)19(27)28-10-15(26)12-5-4-6-13(9-12)20(21,22)23/h4-6,9H,2-3,7-8,10H2,1H3,(H,24,25). The first-order valence-electron chi connectivity index (χ1n) is 8.96. The molecule has 0 radical (unpaired) electrons. The maximum Gasteiger partial charge on any atom is 0.416 e. The highest BCUT2D eigenvalue weighted by Crippen LogP contribution is 2.38. The number of ketones is 1. The van der Waals surface area contributed by atoms with Gasteiger partial charge in [-0.25, -0.2) is 4.79 Å². The summed E-state index contributed by atoms with van der Waals surface area (Å²) in [5, 5.41) is 3.00. The van der Waals surface area contributed by atoms with E-state index in [0.29, 0.717) is 11.4 Å². The lowest BCUT2D eigenvalue weighted by Gasteiger charge is -2.13. The molecular weight excluding hydrogens is 407 g/mol. The van der Waals surface area contributed by atoms with Crippen LogP contribution in [-0.2, 0) is 28.5 Å². The topological polar surface area (TPSA) is 72.5 Å². The van der Waals surface area contributed by atoms with Crippen LogP contribution in [0.4, 0.5) is 18.2 Å². The zero-order valence-electron chi connectivity index (χ0n) is 15.5. The second-order valence-electron chi connectivity index (χ2n) is 6.67. The van der Waals surface area contributed by atoms with Crippen molar-refractivity contribution in [3.05, 3.63) is 51.4 Å². The van der Waals surface area contributed by atoms with Crippen molar-refractivity contribution < 1.29 is 32.3 Å². The van der Waals surface area contributed by atoms with Crippen molar-refractivity contribution in [2.45, 2.75) is 38.8 Å². The molecule has 0 saturated carbocycles. The van der Waals surface area contributed by atoms with Gasteiger partial charge in [0, 0.05) is 17.4 Å². The molecule has 5 nitrogen and oxygen atoms in total. The van der Waals surface area contributed by atoms with E-state index in [9.17, 15) is 27.6 Å². The molecule has 1 N–H and O–H groups in total. The molecule has 1 amide bonds. The van der Waals surface area contributed by atoms with Crippen molar-refractivity contribution in [1.29, 1.82) is 0 Å². The lowest BCUT2D eigenvalue weighted by Crippen LogP contribution is -2.18. The van der Waals surface area contributed by atoms with E-state index in [0.717, 1.165) is 47.9 Å². The van der Waals surface area contributed by atoms with Crippen LogP contribution in [-0.4, -0.2) is 24.3 Å². The first-order valence-corrected chi connectivity index (χ1v) is 9.78. The maximum atomic E-state index is 12.8. The molecule has 1 aromatic heterocycles. The highest BCUT2D eigenvalue weighted by atomic mass is 32.1. The first-order chi connectivity index (χ1) is 13.7. The molecule has 1 heterocycles. The number of esters is 1. The number of benzene rings is 1. The summed E-state index contributed by atoms with van der Waals surface area (Å²) >= 11 is 1.31. The number of thiophene rings is 1. The molecule has 1 aromatic carbocycles. The summed E-state index contributed by atoms with van der Waals surface area (Å²) in [7, 11) is 0. The number of halogens is 3. The summed E-state index contributed by atoms with van der Waals surface area (Å²) in [4.78, 5) is 37.3. The normalized spacial score (nSPS) is 13.5. The van der Waals surface area contributed by atoms with Gasteiger partial charge in [-0.2, -0.15) is 13.2 Å². The van der Waals surface area contributed by atoms with Crippen LogP contribution in [0.5, 0.6) is 0 Å². The Morgan fingerprint density at radius 3 is 2.59 bits per heavy atom. The van der Waals surface area contributed by atoms with E-state index in [1.807, 2.05) is 0 Å². The van der Waals surface area contributed by atoms with Crippen LogP contribution >= 0.6 is 11.3 Å². The van der Waals surface area contributed by atoms with Gasteiger partial charge in [0.15, 0.2) is 12.4 Å². The number of fused-ring (bicyclic) bond motifs is 1. The molecule has 1 aliphatic rings. The number of ether oxygens (including phenoxy) is 1. The van der Waals surface area contributed by atoms with Gasteiger partial charge in [-0.3, -0.25) is 9.59 Å². The van der Waals surface area contributed by atoms with E-state index >= 15 is 0 Å². The Balaban J connectivity index is 1.77. The quantitative estimate of drug-likeness (QED) is 0.559. The van der Waals surface area contributed by atoms with Crippen molar-refractivity contribution in [1.82, 2.24) is 0 Å². The van der Waals surface area contributed by atoms with Gasteiger partial charge in [-0.1, -0.05) is 12.1 Å². The van der Waals surface area contributed by atoms with Crippen LogP contribution < -0.4 is 5.32 Å². The Bertz CT molecular complexity index is 965. The second kappa shape index (κ2) is 8.36. The molecule has 0 unspecified atom stereocenters. The number of Topliss-reactive ketones (excluding diaryl/α,β-unsaturated/α-hetero) is 1. The summed E-state index contributed by atoms with van der Waals surface area (Å²) in [6.45, 7) is 0.634. The molecule has 2 aromatic rings. The number of carbonyl (C=O) groups excluding carboxylic acids is 3. The Morgan fingerprint density at radius 2 is 1.90 bits per heavy atom. The van der Waals surface area contributed by atoms with Crippen molar-refractivity contribution >= 4 is 34.0 Å². The fourth-order valence-electron chi connectivity index (χ4n) is 3.19. The van der Waals surface area contributed by atoms with Crippen molar-refractivity contribution in [2.24, 2.45) is 0 Å². The maximum absolute atomic E-state index is 12.8. The van der Waals surface area contributed by atoms with E-state index in [1.165, 1.54) is 24.3 Å². The minimum Gasteiger partial charge on any atom is -0.454 e. The Hall–Kier alpha value is -2.68. The average Bonchev–Trinajstić information content (AvgIpc) is 3.02. The fourth-order valence-corrected chi connectivity index (χ4v) is 4.51. The van der Waals surface area contributed by atoms with Crippen LogP contribution in [0.15, 0.2) is 24.3 Å². The number of anilines is 1. The number of rotatable bonds is 5. The lowest BCUT2D eigenvalue weighted by molar-refractivity contribution is -0.137. The Labute approximate surface area is 168 Å². The molecular formula is C20H18F3NO4S. The fraction of sp³-hybridized carbons (Fsp3) is 0.350. The van der Waals surface area contributed by atoms with E-state index < -0.39 is 30.1 Å². The van der Waals surface area contributed by atoms with Crippen LogP contribution in [0.2, 0.25) is 0 Å². The molecule has 29 heavy (non-hydrogen) atoms. The largest absolute Gasteiger partial charge is 0.454 e. The number of aryl methyl sites for hydroxylation is 1. The molecule has 0 saturated heterocycles. The van der Waals surface area contributed by atoms with E-state index in [2.05, 4.69) is 5.32 Å². The number of nitrogens with one attached hydrogen (secondary N) is 1. The molecule has 0 aliphatic heterocycles. The minimum atomic E-state index is -4.57. The van der Waals surface area contributed by atoms with Gasteiger partial charge in [-0.05, 0) is 43.4 Å². The summed E-state index contributed by atoms with van der Waals surface area (Å²) < 4.78 is 43.5. The van der Waals surface area contributed by atoms with Gasteiger partial charge in [0.25, 0.3) is 0 Å². The molecule has 9 heteroatoms. The zero-order chi connectivity index (χ0) is 21.2. The molecule has 0 atom stereocenters. The third-order valence-electron chi connectivity index (χ3n) is 4.51. The van der Waals surface area contributed by atoms with Gasteiger partial charge < -0.3 is 10.1 Å². The summed E-state index contributed by atoms with van der Waals surface area (Å²) in [5.41, 5.74) is -0.102. The smallest absolute Gasteiger partial charge is 0.416 e. The molecule has 154 valence electrons. The second-order valence-corrected chi connectivity index (χ2v) is 7.78. The number of hydrogen-bond acceptors (Lipinski definition) is 5. The Kier molecular flexibility index (Phi) is 6.07.